The Kier molecular flexibility index (Phi) is 3.10. The molecule has 0 spiro atoms. The van der Waals surface area contributed by atoms with Crippen molar-refractivity contribution in [2.45, 2.75) is 6.92 Å². The Hall–Kier alpha value is -2.24. The molecule has 0 fully saturated rings. The van der Waals surface area contributed by atoms with E-state index < -0.39 is 0 Å². The lowest BCUT2D eigenvalue weighted by Crippen LogP contribution is -2.15. The van der Waals surface area contributed by atoms with Crippen LogP contribution >= 0.6 is 0 Å². The van der Waals surface area contributed by atoms with E-state index in [9.17, 15) is 4.39 Å². The molecule has 0 aliphatic rings. The van der Waals surface area contributed by atoms with E-state index in [2.05, 4.69) is 15.0 Å². The van der Waals surface area contributed by atoms with Gasteiger partial charge >= 0.3 is 0 Å². The topological polar surface area (TPSA) is 67.9 Å². The summed E-state index contributed by atoms with van der Waals surface area (Å²) in [5.41, 5.74) is 6.75. The molecular weight excluding hydrogens is 233 g/mol. The number of nitrogen functional groups attached to an aromatic ring is 1. The second kappa shape index (κ2) is 4.56. The lowest BCUT2D eigenvalue weighted by molar-refractivity contribution is 0.619. The zero-order valence-electron chi connectivity index (χ0n) is 10.5. The molecule has 2 N–H and O–H groups in total. The van der Waals surface area contributed by atoms with E-state index in [0.29, 0.717) is 22.9 Å². The first-order valence-corrected chi connectivity index (χ1v) is 5.43. The average Bonchev–Trinajstić information content (AvgIpc) is 2.31. The van der Waals surface area contributed by atoms with Crippen LogP contribution in [0.25, 0.3) is 11.4 Å². The van der Waals surface area contributed by atoms with Crippen LogP contribution in [-0.4, -0.2) is 29.0 Å². The monoisotopic (exact) mass is 247 g/mol. The first-order valence-electron chi connectivity index (χ1n) is 5.43. The number of nitrogens with two attached hydrogens (primary N) is 1. The van der Waals surface area contributed by atoms with Gasteiger partial charge in [0, 0.05) is 19.7 Å². The van der Waals surface area contributed by atoms with Crippen LogP contribution in [0.15, 0.2) is 18.2 Å². The van der Waals surface area contributed by atoms with E-state index >= 15 is 0 Å². The summed E-state index contributed by atoms with van der Waals surface area (Å²) in [6, 6.07) is 4.77. The summed E-state index contributed by atoms with van der Waals surface area (Å²) in [6.45, 7) is 1.68. The van der Waals surface area contributed by atoms with Crippen molar-refractivity contribution < 1.29 is 4.39 Å². The van der Waals surface area contributed by atoms with Crippen molar-refractivity contribution in [2.75, 3.05) is 24.7 Å². The minimum Gasteiger partial charge on any atom is -0.368 e. The zero-order valence-corrected chi connectivity index (χ0v) is 10.5. The minimum atomic E-state index is -0.294. The summed E-state index contributed by atoms with van der Waals surface area (Å²) in [6.07, 6.45) is 0. The summed E-state index contributed by atoms with van der Waals surface area (Å²) < 4.78 is 13.5. The second-order valence-electron chi connectivity index (χ2n) is 4.12. The van der Waals surface area contributed by atoms with Crippen LogP contribution < -0.4 is 10.6 Å². The van der Waals surface area contributed by atoms with Gasteiger partial charge in [-0.2, -0.15) is 15.0 Å². The fourth-order valence-corrected chi connectivity index (χ4v) is 1.55. The summed E-state index contributed by atoms with van der Waals surface area (Å²) in [7, 11) is 3.61. The summed E-state index contributed by atoms with van der Waals surface area (Å²) in [5, 5.41) is 0. The van der Waals surface area contributed by atoms with Crippen LogP contribution in [0.5, 0.6) is 0 Å². The predicted octanol–water partition coefficient (Wildman–Crippen LogP) is 1.63. The lowest BCUT2D eigenvalue weighted by Gasteiger charge is -2.12. The normalized spacial score (nSPS) is 10.4. The van der Waals surface area contributed by atoms with E-state index in [4.69, 9.17) is 5.73 Å². The quantitative estimate of drug-likeness (QED) is 0.873. The second-order valence-corrected chi connectivity index (χ2v) is 4.12. The zero-order chi connectivity index (χ0) is 13.3. The van der Waals surface area contributed by atoms with Gasteiger partial charge in [-0.3, -0.25) is 0 Å². The van der Waals surface area contributed by atoms with Crippen LogP contribution in [0.1, 0.15) is 5.56 Å². The standard InChI is InChI=1S/C12H14FN5/c1-7-8(5-4-6-9(7)13)10-15-11(14)17-12(16-10)18(2)3/h4-6H,1-3H3,(H2,14,15,16,17). The van der Waals surface area contributed by atoms with Crippen molar-refractivity contribution in [1.82, 2.24) is 15.0 Å². The molecule has 0 unspecified atom stereocenters. The fraction of sp³-hybridized carbons (Fsp3) is 0.250. The number of rotatable bonds is 2. The molecule has 2 aromatic rings. The molecule has 6 heteroatoms. The number of benzene rings is 1. The van der Waals surface area contributed by atoms with Crippen molar-refractivity contribution in [3.05, 3.63) is 29.6 Å². The van der Waals surface area contributed by atoms with Gasteiger partial charge < -0.3 is 10.6 Å². The van der Waals surface area contributed by atoms with Crippen LogP contribution in [0.3, 0.4) is 0 Å². The fourth-order valence-electron chi connectivity index (χ4n) is 1.55. The van der Waals surface area contributed by atoms with Gasteiger partial charge in [0.25, 0.3) is 0 Å². The Morgan fingerprint density at radius 2 is 1.89 bits per heavy atom. The molecule has 1 aromatic heterocycles. The van der Waals surface area contributed by atoms with E-state index in [1.807, 2.05) is 0 Å². The molecule has 0 saturated carbocycles. The molecule has 0 radical (unpaired) electrons. The highest BCUT2D eigenvalue weighted by Gasteiger charge is 2.12. The SMILES string of the molecule is Cc1c(F)cccc1-c1nc(N)nc(N(C)C)n1. The molecule has 0 aliphatic heterocycles. The third kappa shape index (κ3) is 2.22. The van der Waals surface area contributed by atoms with Crippen LogP contribution in [0.4, 0.5) is 16.3 Å². The number of hydrogen-bond acceptors (Lipinski definition) is 5. The first-order chi connectivity index (χ1) is 8.49. The Morgan fingerprint density at radius 3 is 2.56 bits per heavy atom. The first kappa shape index (κ1) is 12.2. The van der Waals surface area contributed by atoms with E-state index in [0.717, 1.165) is 0 Å². The van der Waals surface area contributed by atoms with Gasteiger partial charge in [0.2, 0.25) is 11.9 Å². The van der Waals surface area contributed by atoms with Gasteiger partial charge in [0.1, 0.15) is 5.82 Å². The van der Waals surface area contributed by atoms with E-state index in [1.165, 1.54) is 6.07 Å². The maximum atomic E-state index is 13.5. The number of anilines is 2. The van der Waals surface area contributed by atoms with E-state index in [1.54, 1.807) is 38.1 Å². The van der Waals surface area contributed by atoms with Gasteiger partial charge in [-0.25, -0.2) is 4.39 Å². The summed E-state index contributed by atoms with van der Waals surface area (Å²) >= 11 is 0. The molecule has 94 valence electrons. The molecule has 0 amide bonds. The third-order valence-electron chi connectivity index (χ3n) is 2.55. The number of aromatic nitrogens is 3. The Balaban J connectivity index is 2.60. The Morgan fingerprint density at radius 1 is 1.17 bits per heavy atom. The van der Waals surface area contributed by atoms with E-state index in [-0.39, 0.29) is 11.8 Å². The molecule has 0 atom stereocenters. The van der Waals surface area contributed by atoms with Gasteiger partial charge in [-0.15, -0.1) is 0 Å². The van der Waals surface area contributed by atoms with Gasteiger partial charge in [-0.05, 0) is 18.6 Å². The molecule has 1 aromatic carbocycles. The maximum Gasteiger partial charge on any atom is 0.230 e. The van der Waals surface area contributed by atoms with Crippen molar-refractivity contribution in [3.8, 4) is 11.4 Å². The highest BCUT2D eigenvalue weighted by Crippen LogP contribution is 2.23. The minimum absolute atomic E-state index is 0.118. The van der Waals surface area contributed by atoms with Gasteiger partial charge in [0.05, 0.1) is 0 Å². The molecule has 5 nitrogen and oxygen atoms in total. The smallest absolute Gasteiger partial charge is 0.230 e. The largest absolute Gasteiger partial charge is 0.368 e. The number of halogens is 1. The van der Waals surface area contributed by atoms with Gasteiger partial charge in [0.15, 0.2) is 5.82 Å². The Labute approximate surface area is 105 Å². The highest BCUT2D eigenvalue weighted by atomic mass is 19.1. The van der Waals surface area contributed by atoms with Crippen LogP contribution in [-0.2, 0) is 0 Å². The third-order valence-corrected chi connectivity index (χ3v) is 2.55. The van der Waals surface area contributed by atoms with Gasteiger partial charge in [-0.1, -0.05) is 12.1 Å². The van der Waals surface area contributed by atoms with Crippen molar-refractivity contribution in [3.63, 3.8) is 0 Å². The average molecular weight is 247 g/mol. The Bertz CT molecular complexity index is 583. The molecular formula is C12H14FN5. The predicted molar refractivity (Wildman–Crippen MR) is 68.7 cm³/mol. The summed E-state index contributed by atoms with van der Waals surface area (Å²) in [4.78, 5) is 14.0. The van der Waals surface area contributed by atoms with Crippen molar-refractivity contribution in [2.24, 2.45) is 0 Å². The molecule has 1 heterocycles. The van der Waals surface area contributed by atoms with Crippen LogP contribution in [0.2, 0.25) is 0 Å². The lowest BCUT2D eigenvalue weighted by atomic mass is 10.1. The van der Waals surface area contributed by atoms with Crippen molar-refractivity contribution >= 4 is 11.9 Å². The molecule has 0 bridgehead atoms. The molecule has 18 heavy (non-hydrogen) atoms. The highest BCUT2D eigenvalue weighted by molar-refractivity contribution is 5.62. The van der Waals surface area contributed by atoms with Crippen molar-refractivity contribution in [1.29, 1.82) is 0 Å². The van der Waals surface area contributed by atoms with Crippen LogP contribution in [0, 0.1) is 12.7 Å². The summed E-state index contributed by atoms with van der Waals surface area (Å²) in [5.74, 6) is 0.648. The number of nitrogens with zero attached hydrogens (tertiary/aromatic N) is 4. The molecule has 2 rings (SSSR count). The molecule has 0 aliphatic carbocycles. The number of hydrogen-bond donors (Lipinski definition) is 1. The molecule has 0 saturated heterocycles. The maximum absolute atomic E-state index is 13.5.